The summed E-state index contributed by atoms with van der Waals surface area (Å²) in [5.74, 6) is 0.719. The van der Waals surface area contributed by atoms with E-state index in [0.29, 0.717) is 11.3 Å². The number of hydrogen-bond donors (Lipinski definition) is 1. The summed E-state index contributed by atoms with van der Waals surface area (Å²) < 4.78 is 5.55. The lowest BCUT2D eigenvalue weighted by molar-refractivity contribution is 0.0161. The van der Waals surface area contributed by atoms with Crippen molar-refractivity contribution in [1.82, 2.24) is 0 Å². The second kappa shape index (κ2) is 5.45. The van der Waals surface area contributed by atoms with E-state index in [1.807, 2.05) is 45.0 Å². The zero-order valence-corrected chi connectivity index (χ0v) is 11.7. The molecule has 4 nitrogen and oxygen atoms in total. The van der Waals surface area contributed by atoms with Crippen LogP contribution in [0.4, 0.5) is 0 Å². The summed E-state index contributed by atoms with van der Waals surface area (Å²) in [6.45, 7) is 7.55. The van der Waals surface area contributed by atoms with E-state index in [4.69, 9.17) is 9.57 Å². The molecule has 0 saturated heterocycles. The number of benzene rings is 1. The third-order valence-corrected chi connectivity index (χ3v) is 2.87. The van der Waals surface area contributed by atoms with Gasteiger partial charge in [0.15, 0.2) is 0 Å². The van der Waals surface area contributed by atoms with Crippen molar-refractivity contribution in [1.29, 1.82) is 0 Å². The number of nitrogens with zero attached hydrogens (tertiary/aromatic N) is 1. The van der Waals surface area contributed by atoms with Crippen LogP contribution in [0.3, 0.4) is 0 Å². The Morgan fingerprint density at radius 1 is 1.42 bits per heavy atom. The number of aliphatic hydroxyl groups excluding tert-OH is 1. The minimum atomic E-state index is -1.01. The highest BCUT2D eigenvalue weighted by molar-refractivity contribution is 6.03. The van der Waals surface area contributed by atoms with Gasteiger partial charge in [0, 0.05) is 11.1 Å². The molecule has 0 radical (unpaired) electrons. The lowest BCUT2D eigenvalue weighted by Gasteiger charge is -2.24. The van der Waals surface area contributed by atoms with Crippen LogP contribution in [-0.2, 0) is 4.84 Å². The molecule has 0 fully saturated rings. The van der Waals surface area contributed by atoms with Crippen LogP contribution in [0, 0.1) is 6.92 Å². The van der Waals surface area contributed by atoms with Gasteiger partial charge in [-0.3, -0.25) is 0 Å². The largest absolute Gasteiger partial charge is 0.460 e. The maximum Gasteiger partial charge on any atom is 0.226 e. The number of aryl methyl sites for hydroxylation is 1. The zero-order chi connectivity index (χ0) is 14.0. The van der Waals surface area contributed by atoms with E-state index >= 15 is 0 Å². The fourth-order valence-corrected chi connectivity index (χ4v) is 1.88. The smallest absolute Gasteiger partial charge is 0.226 e. The predicted octanol–water partition coefficient (Wildman–Crippen LogP) is 2.89. The van der Waals surface area contributed by atoms with Gasteiger partial charge in [-0.2, -0.15) is 0 Å². The number of hydrogen-bond acceptors (Lipinski definition) is 4. The highest BCUT2D eigenvalue weighted by Crippen LogP contribution is 2.32. The van der Waals surface area contributed by atoms with Crippen molar-refractivity contribution in [2.24, 2.45) is 5.16 Å². The molecular weight excluding hydrogens is 242 g/mol. The monoisotopic (exact) mass is 261 g/mol. The Morgan fingerprint density at radius 3 is 2.84 bits per heavy atom. The molecule has 1 unspecified atom stereocenters. The SMILES string of the molecule is CC(=NOC(C)C)C1=Cc2cccc(C)c2OC1O. The van der Waals surface area contributed by atoms with E-state index in [9.17, 15) is 5.11 Å². The molecular formula is C15H19NO3. The minimum Gasteiger partial charge on any atom is -0.460 e. The number of rotatable bonds is 3. The molecule has 0 bridgehead atoms. The van der Waals surface area contributed by atoms with Crippen LogP contribution in [0.25, 0.3) is 6.08 Å². The van der Waals surface area contributed by atoms with Crippen LogP contribution in [0.15, 0.2) is 28.9 Å². The molecule has 0 aliphatic carbocycles. The van der Waals surface area contributed by atoms with E-state index in [-0.39, 0.29) is 6.10 Å². The fraction of sp³-hybridized carbons (Fsp3) is 0.400. The number of aliphatic hydroxyl groups is 1. The van der Waals surface area contributed by atoms with Crippen molar-refractivity contribution in [2.75, 3.05) is 0 Å². The quantitative estimate of drug-likeness (QED) is 0.672. The van der Waals surface area contributed by atoms with Crippen LogP contribution in [0.5, 0.6) is 5.75 Å². The molecule has 1 N–H and O–H groups in total. The summed E-state index contributed by atoms with van der Waals surface area (Å²) >= 11 is 0. The molecule has 1 aliphatic heterocycles. The molecule has 2 rings (SSSR count). The Morgan fingerprint density at radius 2 is 2.16 bits per heavy atom. The van der Waals surface area contributed by atoms with Crippen molar-refractivity contribution < 1.29 is 14.7 Å². The van der Waals surface area contributed by atoms with Gasteiger partial charge < -0.3 is 14.7 Å². The lowest BCUT2D eigenvalue weighted by atomic mass is 10.0. The molecule has 0 saturated carbocycles. The first-order valence-electron chi connectivity index (χ1n) is 6.35. The number of para-hydroxylation sites is 1. The normalized spacial score (nSPS) is 18.7. The Kier molecular flexibility index (Phi) is 3.90. The van der Waals surface area contributed by atoms with E-state index in [0.717, 1.165) is 16.9 Å². The van der Waals surface area contributed by atoms with E-state index in [2.05, 4.69) is 5.16 Å². The molecule has 1 heterocycles. The molecule has 1 aliphatic rings. The van der Waals surface area contributed by atoms with Gasteiger partial charge >= 0.3 is 0 Å². The Balaban J connectivity index is 2.34. The highest BCUT2D eigenvalue weighted by Gasteiger charge is 2.23. The van der Waals surface area contributed by atoms with Gasteiger partial charge in [-0.1, -0.05) is 23.4 Å². The topological polar surface area (TPSA) is 51.0 Å². The van der Waals surface area contributed by atoms with E-state index < -0.39 is 6.29 Å². The molecule has 1 aromatic carbocycles. The Labute approximate surface area is 113 Å². The van der Waals surface area contributed by atoms with Crippen LogP contribution in [0.2, 0.25) is 0 Å². The van der Waals surface area contributed by atoms with Gasteiger partial charge in [0.25, 0.3) is 0 Å². The molecule has 0 spiro atoms. The van der Waals surface area contributed by atoms with Crippen LogP contribution >= 0.6 is 0 Å². The summed E-state index contributed by atoms with van der Waals surface area (Å²) in [5, 5.41) is 14.1. The van der Waals surface area contributed by atoms with Gasteiger partial charge in [0.2, 0.25) is 6.29 Å². The van der Waals surface area contributed by atoms with Crippen LogP contribution in [0.1, 0.15) is 31.9 Å². The Bertz CT molecular complexity index is 532. The van der Waals surface area contributed by atoms with Crippen LogP contribution < -0.4 is 4.74 Å². The fourth-order valence-electron chi connectivity index (χ4n) is 1.88. The standard InChI is InChI=1S/C15H19NO3/c1-9(2)19-16-11(4)13-8-12-7-5-6-10(3)14(12)18-15(13)17/h5-9,15,17H,1-4H3. The lowest BCUT2D eigenvalue weighted by Crippen LogP contribution is -2.26. The molecule has 0 amide bonds. The third kappa shape index (κ3) is 2.96. The average molecular weight is 261 g/mol. The summed E-state index contributed by atoms with van der Waals surface area (Å²) in [5.41, 5.74) is 3.19. The first-order chi connectivity index (χ1) is 8.99. The van der Waals surface area contributed by atoms with Crippen molar-refractivity contribution in [3.8, 4) is 5.75 Å². The van der Waals surface area contributed by atoms with Gasteiger partial charge in [0.05, 0.1) is 5.71 Å². The zero-order valence-electron chi connectivity index (χ0n) is 11.7. The third-order valence-electron chi connectivity index (χ3n) is 2.87. The molecule has 102 valence electrons. The summed E-state index contributed by atoms with van der Waals surface area (Å²) in [6, 6.07) is 5.86. The second-order valence-corrected chi connectivity index (χ2v) is 4.89. The average Bonchev–Trinajstić information content (AvgIpc) is 2.36. The van der Waals surface area contributed by atoms with Gasteiger partial charge in [-0.25, -0.2) is 0 Å². The van der Waals surface area contributed by atoms with E-state index in [1.54, 1.807) is 6.92 Å². The predicted molar refractivity (Wildman–Crippen MR) is 75.1 cm³/mol. The van der Waals surface area contributed by atoms with Crippen molar-refractivity contribution >= 4 is 11.8 Å². The number of ether oxygens (including phenoxy) is 1. The molecule has 19 heavy (non-hydrogen) atoms. The van der Waals surface area contributed by atoms with Crippen LogP contribution in [-0.4, -0.2) is 23.2 Å². The number of fused-ring (bicyclic) bond motifs is 1. The van der Waals surface area contributed by atoms with Crippen molar-refractivity contribution in [3.63, 3.8) is 0 Å². The molecule has 1 aromatic rings. The maximum absolute atomic E-state index is 10.0. The molecule has 1 atom stereocenters. The first kappa shape index (κ1) is 13.6. The summed E-state index contributed by atoms with van der Waals surface area (Å²) in [6.07, 6.45) is 0.888. The summed E-state index contributed by atoms with van der Waals surface area (Å²) in [7, 11) is 0. The van der Waals surface area contributed by atoms with Gasteiger partial charge in [0.1, 0.15) is 11.9 Å². The second-order valence-electron chi connectivity index (χ2n) is 4.89. The minimum absolute atomic E-state index is 0.00623. The van der Waals surface area contributed by atoms with Crippen molar-refractivity contribution in [3.05, 3.63) is 34.9 Å². The van der Waals surface area contributed by atoms with Gasteiger partial charge in [-0.05, 0) is 39.3 Å². The van der Waals surface area contributed by atoms with Gasteiger partial charge in [-0.15, -0.1) is 0 Å². The maximum atomic E-state index is 10.0. The Hall–Kier alpha value is -1.81. The molecule has 4 heteroatoms. The summed E-state index contributed by atoms with van der Waals surface area (Å²) in [4.78, 5) is 5.20. The highest BCUT2D eigenvalue weighted by atomic mass is 16.6. The molecule has 0 aromatic heterocycles. The first-order valence-corrected chi connectivity index (χ1v) is 6.35. The van der Waals surface area contributed by atoms with Crippen molar-refractivity contribution in [2.45, 2.75) is 40.1 Å². The number of oxime groups is 1. The van der Waals surface area contributed by atoms with E-state index in [1.165, 1.54) is 0 Å².